The van der Waals surface area contributed by atoms with E-state index in [1.165, 1.54) is 0 Å². The highest BCUT2D eigenvalue weighted by molar-refractivity contribution is 5.90. The maximum Gasteiger partial charge on any atom is 0.312 e. The topological polar surface area (TPSA) is 112 Å². The van der Waals surface area contributed by atoms with Crippen molar-refractivity contribution < 1.29 is 29.7 Å². The van der Waals surface area contributed by atoms with Gasteiger partial charge in [0.2, 0.25) is 0 Å². The van der Waals surface area contributed by atoms with Gasteiger partial charge >= 0.3 is 17.9 Å². The van der Waals surface area contributed by atoms with Crippen LogP contribution in [0.2, 0.25) is 0 Å². The highest BCUT2D eigenvalue weighted by Gasteiger charge is 2.61. The minimum atomic E-state index is -2.29. The first-order chi connectivity index (χ1) is 9.74. The Hall–Kier alpha value is -2.91. The minimum Gasteiger partial charge on any atom is -0.481 e. The fraction of sp³-hybridized carbons (Fsp3) is 0.400. The average Bonchev–Trinajstić information content (AvgIpc) is 2.36. The standard InChI is InChI=1S/C15H14O6/c1-4-7-14(8-5-2,12(18)19)15(9-6-3,13(20)21)10-11(16)17/h1-3H,7-10H2,(H,16,17)(H,18,19)(H,20,21). The van der Waals surface area contributed by atoms with Crippen LogP contribution in [0.15, 0.2) is 0 Å². The Morgan fingerprint density at radius 2 is 1.10 bits per heavy atom. The van der Waals surface area contributed by atoms with Crippen LogP contribution in [-0.2, 0) is 14.4 Å². The van der Waals surface area contributed by atoms with Crippen LogP contribution in [0.4, 0.5) is 0 Å². The normalized spacial score (nSPS) is 13.0. The third-order valence-electron chi connectivity index (χ3n) is 3.40. The molecule has 0 aliphatic carbocycles. The van der Waals surface area contributed by atoms with Crippen LogP contribution < -0.4 is 0 Å². The molecule has 6 nitrogen and oxygen atoms in total. The van der Waals surface area contributed by atoms with Gasteiger partial charge in [0.05, 0.1) is 6.42 Å². The zero-order chi connectivity index (χ0) is 16.7. The molecule has 0 aromatic rings. The van der Waals surface area contributed by atoms with Crippen LogP contribution in [-0.4, -0.2) is 33.2 Å². The van der Waals surface area contributed by atoms with Crippen molar-refractivity contribution in [2.24, 2.45) is 10.8 Å². The molecule has 0 aliphatic heterocycles. The third-order valence-corrected chi connectivity index (χ3v) is 3.40. The number of aliphatic carboxylic acids is 3. The smallest absolute Gasteiger partial charge is 0.312 e. The lowest BCUT2D eigenvalue weighted by atomic mass is 9.57. The predicted molar refractivity (Wildman–Crippen MR) is 72.7 cm³/mol. The van der Waals surface area contributed by atoms with Crippen molar-refractivity contribution in [1.29, 1.82) is 0 Å². The molecule has 0 aromatic heterocycles. The monoisotopic (exact) mass is 290 g/mol. The van der Waals surface area contributed by atoms with E-state index >= 15 is 0 Å². The van der Waals surface area contributed by atoms with Crippen LogP contribution in [0, 0.1) is 47.9 Å². The molecule has 6 heteroatoms. The second kappa shape index (κ2) is 7.03. The molecule has 0 amide bonds. The van der Waals surface area contributed by atoms with Crippen LogP contribution in [0.5, 0.6) is 0 Å². The predicted octanol–water partition coefficient (Wildman–Crippen LogP) is 0.673. The Kier molecular flexibility index (Phi) is 6.05. The van der Waals surface area contributed by atoms with E-state index < -0.39 is 54.4 Å². The number of hydrogen-bond acceptors (Lipinski definition) is 3. The second-order valence-electron chi connectivity index (χ2n) is 4.49. The fourth-order valence-corrected chi connectivity index (χ4v) is 2.29. The van der Waals surface area contributed by atoms with E-state index in [0.29, 0.717) is 0 Å². The van der Waals surface area contributed by atoms with Crippen molar-refractivity contribution in [3.63, 3.8) is 0 Å². The van der Waals surface area contributed by atoms with Crippen molar-refractivity contribution in [3.05, 3.63) is 0 Å². The summed E-state index contributed by atoms with van der Waals surface area (Å²) in [4.78, 5) is 34.4. The highest BCUT2D eigenvalue weighted by atomic mass is 16.4. The Balaban J connectivity index is 6.51. The Morgan fingerprint density at radius 1 is 0.762 bits per heavy atom. The van der Waals surface area contributed by atoms with Gasteiger partial charge in [-0.1, -0.05) is 0 Å². The van der Waals surface area contributed by atoms with Crippen molar-refractivity contribution in [2.45, 2.75) is 25.7 Å². The summed E-state index contributed by atoms with van der Waals surface area (Å²) >= 11 is 0. The maximum absolute atomic E-state index is 11.7. The summed E-state index contributed by atoms with van der Waals surface area (Å²) in [5, 5.41) is 28.0. The van der Waals surface area contributed by atoms with Gasteiger partial charge in [0, 0.05) is 19.3 Å². The number of carboxylic acid groups (broad SMARTS) is 3. The van der Waals surface area contributed by atoms with Crippen molar-refractivity contribution in [2.75, 3.05) is 0 Å². The summed E-state index contributed by atoms with van der Waals surface area (Å²) < 4.78 is 0. The van der Waals surface area contributed by atoms with Crippen LogP contribution in [0.25, 0.3) is 0 Å². The number of terminal acetylenes is 3. The largest absolute Gasteiger partial charge is 0.481 e. The SMILES string of the molecule is C#CCC(CC#C)(C(=O)O)C(CC#C)(CC(=O)O)C(=O)O. The molecular formula is C15H14O6. The van der Waals surface area contributed by atoms with Gasteiger partial charge in [-0.15, -0.1) is 37.0 Å². The molecule has 0 heterocycles. The highest BCUT2D eigenvalue weighted by Crippen LogP contribution is 2.50. The summed E-state index contributed by atoms with van der Waals surface area (Å²) in [5.41, 5.74) is -4.45. The Morgan fingerprint density at radius 3 is 1.33 bits per heavy atom. The van der Waals surface area contributed by atoms with E-state index in [1.54, 1.807) is 0 Å². The molecule has 0 saturated carbocycles. The molecule has 0 aliphatic rings. The first-order valence-corrected chi connectivity index (χ1v) is 5.73. The lowest BCUT2D eigenvalue weighted by molar-refractivity contribution is -0.177. The van der Waals surface area contributed by atoms with E-state index in [0.717, 1.165) is 0 Å². The number of hydrogen-bond donors (Lipinski definition) is 3. The van der Waals surface area contributed by atoms with E-state index in [1.807, 2.05) is 5.92 Å². The van der Waals surface area contributed by atoms with Crippen LogP contribution in [0.3, 0.4) is 0 Å². The van der Waals surface area contributed by atoms with Gasteiger partial charge in [-0.2, -0.15) is 0 Å². The second-order valence-corrected chi connectivity index (χ2v) is 4.49. The van der Waals surface area contributed by atoms with Crippen molar-refractivity contribution >= 4 is 17.9 Å². The minimum absolute atomic E-state index is 0.548. The maximum atomic E-state index is 11.7. The molecule has 110 valence electrons. The first kappa shape index (κ1) is 18.1. The molecule has 0 aromatic carbocycles. The first-order valence-electron chi connectivity index (χ1n) is 5.73. The number of rotatable bonds is 8. The van der Waals surface area contributed by atoms with Crippen LogP contribution in [0.1, 0.15) is 25.7 Å². The zero-order valence-electron chi connectivity index (χ0n) is 11.1. The summed E-state index contributed by atoms with van der Waals surface area (Å²) in [7, 11) is 0. The molecule has 21 heavy (non-hydrogen) atoms. The molecule has 1 atom stereocenters. The Bertz CT molecular complexity index is 552. The van der Waals surface area contributed by atoms with E-state index in [9.17, 15) is 24.6 Å². The van der Waals surface area contributed by atoms with Crippen molar-refractivity contribution in [3.8, 4) is 37.0 Å². The van der Waals surface area contributed by atoms with Crippen LogP contribution >= 0.6 is 0 Å². The summed E-state index contributed by atoms with van der Waals surface area (Å²) in [6.07, 6.45) is 12.7. The van der Waals surface area contributed by atoms with Gasteiger partial charge < -0.3 is 15.3 Å². The Labute approximate surface area is 122 Å². The molecule has 0 radical (unpaired) electrons. The zero-order valence-corrected chi connectivity index (χ0v) is 11.1. The lowest BCUT2D eigenvalue weighted by Crippen LogP contribution is -2.53. The molecule has 3 N–H and O–H groups in total. The van der Waals surface area contributed by atoms with Gasteiger partial charge in [0.15, 0.2) is 0 Å². The van der Waals surface area contributed by atoms with Gasteiger partial charge in [0.25, 0.3) is 0 Å². The summed E-state index contributed by atoms with van der Waals surface area (Å²) in [6.45, 7) is 0. The molecule has 0 spiro atoms. The number of carboxylic acids is 3. The van der Waals surface area contributed by atoms with E-state index in [2.05, 4.69) is 11.8 Å². The third kappa shape index (κ3) is 3.16. The molecular weight excluding hydrogens is 276 g/mol. The average molecular weight is 290 g/mol. The van der Waals surface area contributed by atoms with Crippen molar-refractivity contribution in [1.82, 2.24) is 0 Å². The quantitative estimate of drug-likeness (QED) is 0.566. The van der Waals surface area contributed by atoms with E-state index in [4.69, 9.17) is 24.4 Å². The number of carbonyl (C=O) groups is 3. The van der Waals surface area contributed by atoms with Gasteiger partial charge in [-0.3, -0.25) is 14.4 Å². The molecule has 1 unspecified atom stereocenters. The fourth-order valence-electron chi connectivity index (χ4n) is 2.29. The van der Waals surface area contributed by atoms with E-state index in [-0.39, 0.29) is 0 Å². The molecule has 0 fully saturated rings. The summed E-state index contributed by atoms with van der Waals surface area (Å²) in [5.74, 6) is 1.41. The van der Waals surface area contributed by atoms with Gasteiger partial charge in [0.1, 0.15) is 10.8 Å². The lowest BCUT2D eigenvalue weighted by Gasteiger charge is -2.41. The van der Waals surface area contributed by atoms with Gasteiger partial charge in [-0.05, 0) is 0 Å². The molecule has 0 rings (SSSR count). The summed E-state index contributed by atoms with van der Waals surface area (Å²) in [6, 6.07) is 0. The molecule has 0 bridgehead atoms. The van der Waals surface area contributed by atoms with Gasteiger partial charge in [-0.25, -0.2) is 0 Å². The molecule has 0 saturated heterocycles.